The van der Waals surface area contributed by atoms with Crippen LogP contribution in [0, 0.1) is 0 Å². The van der Waals surface area contributed by atoms with Crippen molar-refractivity contribution in [3.8, 4) is 0 Å². The van der Waals surface area contributed by atoms with Crippen LogP contribution in [0.4, 0.5) is 0 Å². The zero-order valence-corrected chi connectivity index (χ0v) is 12.2. The first-order chi connectivity index (χ1) is 8.48. The van der Waals surface area contributed by atoms with E-state index in [2.05, 4.69) is 0 Å². The zero-order valence-electron chi connectivity index (χ0n) is 10.6. The Morgan fingerprint density at radius 2 is 1.95 bits per heavy atom. The summed E-state index contributed by atoms with van der Waals surface area (Å²) in [6.07, 6.45) is 0. The van der Waals surface area contributed by atoms with E-state index in [0.29, 0.717) is 0 Å². The Balaban J connectivity index is 3.09. The lowest BCUT2D eigenvalue weighted by molar-refractivity contribution is -0.147. The number of carboxylic acid groups (broad SMARTS) is 1. The largest absolute Gasteiger partial charge is 0.480 e. The average Bonchev–Trinajstić information content (AvgIpc) is 2.75. The van der Waals surface area contributed by atoms with E-state index in [1.807, 2.05) is 0 Å². The van der Waals surface area contributed by atoms with Gasteiger partial charge in [0, 0.05) is 12.4 Å². The highest BCUT2D eigenvalue weighted by Crippen LogP contribution is 2.22. The molecule has 1 rings (SSSR count). The fourth-order valence-electron chi connectivity index (χ4n) is 1.17. The van der Waals surface area contributed by atoms with Crippen molar-refractivity contribution >= 4 is 33.2 Å². The molecular formula is C10H14N2O5S2. The van der Waals surface area contributed by atoms with Crippen molar-refractivity contribution in [1.82, 2.24) is 4.90 Å². The van der Waals surface area contributed by atoms with E-state index in [0.717, 1.165) is 22.3 Å². The molecule has 9 heteroatoms. The topological polar surface area (TPSA) is 118 Å². The average molecular weight is 306 g/mol. The lowest BCUT2D eigenvalue weighted by Gasteiger charge is -2.31. The van der Waals surface area contributed by atoms with Gasteiger partial charge in [-0.15, -0.1) is 11.3 Å². The van der Waals surface area contributed by atoms with Crippen molar-refractivity contribution < 1.29 is 23.1 Å². The molecule has 0 aromatic carbocycles. The van der Waals surface area contributed by atoms with Gasteiger partial charge in [0.1, 0.15) is 9.75 Å². The molecule has 0 saturated carbocycles. The molecule has 0 saturated heterocycles. The van der Waals surface area contributed by atoms with Crippen LogP contribution in [0.25, 0.3) is 0 Å². The van der Waals surface area contributed by atoms with E-state index in [9.17, 15) is 18.0 Å². The minimum atomic E-state index is -3.86. The third-order valence-electron chi connectivity index (χ3n) is 2.77. The van der Waals surface area contributed by atoms with Crippen LogP contribution in [0.15, 0.2) is 15.7 Å². The second kappa shape index (κ2) is 4.91. The third-order valence-corrected chi connectivity index (χ3v) is 5.16. The normalized spacial score (nSPS) is 12.2. The lowest BCUT2D eigenvalue weighted by Crippen LogP contribution is -2.50. The van der Waals surface area contributed by atoms with Crippen molar-refractivity contribution in [1.29, 1.82) is 0 Å². The summed E-state index contributed by atoms with van der Waals surface area (Å²) in [6, 6.07) is 1.14. The summed E-state index contributed by atoms with van der Waals surface area (Å²) < 4.78 is 22.1. The number of sulfonamides is 1. The number of nitrogens with zero attached hydrogens (tertiary/aromatic N) is 1. The first kappa shape index (κ1) is 15.6. The first-order valence-electron chi connectivity index (χ1n) is 5.11. The van der Waals surface area contributed by atoms with Gasteiger partial charge in [-0.05, 0) is 19.9 Å². The molecule has 0 radical (unpaired) electrons. The Labute approximate surface area is 114 Å². The predicted molar refractivity (Wildman–Crippen MR) is 69.5 cm³/mol. The number of carbonyl (C=O) groups excluding carboxylic acids is 1. The summed E-state index contributed by atoms with van der Waals surface area (Å²) in [4.78, 5) is 24.2. The van der Waals surface area contributed by atoms with Crippen LogP contribution in [-0.2, 0) is 14.8 Å². The quantitative estimate of drug-likeness (QED) is 0.831. The molecule has 1 heterocycles. The van der Waals surface area contributed by atoms with Crippen molar-refractivity contribution in [2.45, 2.75) is 23.6 Å². The number of hydrogen-bond acceptors (Lipinski definition) is 5. The molecule has 0 unspecified atom stereocenters. The Morgan fingerprint density at radius 1 is 1.42 bits per heavy atom. The van der Waals surface area contributed by atoms with E-state index in [-0.39, 0.29) is 9.77 Å². The molecule has 0 spiro atoms. The molecule has 0 fully saturated rings. The van der Waals surface area contributed by atoms with Gasteiger partial charge in [0.2, 0.25) is 10.0 Å². The van der Waals surface area contributed by atoms with Gasteiger partial charge in [-0.25, -0.2) is 18.4 Å². The van der Waals surface area contributed by atoms with Crippen LogP contribution in [0.2, 0.25) is 0 Å². The van der Waals surface area contributed by atoms with Gasteiger partial charge in [0.15, 0.2) is 0 Å². The van der Waals surface area contributed by atoms with Crippen LogP contribution < -0.4 is 5.14 Å². The van der Waals surface area contributed by atoms with E-state index >= 15 is 0 Å². The number of carboxylic acids is 1. The summed E-state index contributed by atoms with van der Waals surface area (Å²) >= 11 is 0.813. The van der Waals surface area contributed by atoms with Crippen molar-refractivity contribution in [2.24, 2.45) is 5.14 Å². The van der Waals surface area contributed by atoms with Crippen LogP contribution in [-0.4, -0.2) is 42.9 Å². The predicted octanol–water partition coefficient (Wildman–Crippen LogP) is 0.331. The molecule has 0 bridgehead atoms. The second-order valence-corrected chi connectivity index (χ2v) is 7.13. The minimum Gasteiger partial charge on any atom is -0.480 e. The number of nitrogens with two attached hydrogens (primary N) is 1. The molecule has 0 aliphatic heterocycles. The van der Waals surface area contributed by atoms with Crippen molar-refractivity contribution in [3.63, 3.8) is 0 Å². The smallest absolute Gasteiger partial charge is 0.329 e. The second-order valence-electron chi connectivity index (χ2n) is 4.43. The van der Waals surface area contributed by atoms with Crippen LogP contribution in [0.3, 0.4) is 0 Å². The third kappa shape index (κ3) is 3.11. The summed E-state index contributed by atoms with van der Waals surface area (Å²) in [5, 5.41) is 15.3. The van der Waals surface area contributed by atoms with E-state index in [1.54, 1.807) is 0 Å². The van der Waals surface area contributed by atoms with Gasteiger partial charge in [-0.3, -0.25) is 4.79 Å². The monoisotopic (exact) mass is 306 g/mol. The number of rotatable bonds is 4. The van der Waals surface area contributed by atoms with Gasteiger partial charge < -0.3 is 10.0 Å². The SMILES string of the molecule is CN(C(=O)c1csc(S(N)(=O)=O)c1)C(C)(C)C(=O)O. The van der Waals surface area contributed by atoms with Crippen LogP contribution >= 0.6 is 11.3 Å². The highest BCUT2D eigenvalue weighted by molar-refractivity contribution is 7.91. The number of primary sulfonamides is 1. The maximum absolute atomic E-state index is 12.1. The van der Waals surface area contributed by atoms with Crippen molar-refractivity contribution in [2.75, 3.05) is 7.05 Å². The summed E-state index contributed by atoms with van der Waals surface area (Å²) in [5.74, 6) is -1.75. The standard InChI is InChI=1S/C10H14N2O5S2/c1-10(2,9(14)15)12(3)8(13)6-4-7(18-5-6)19(11,16)17/h4-5H,1-3H3,(H,14,15)(H2,11,16,17). The number of aliphatic carboxylic acids is 1. The molecule has 19 heavy (non-hydrogen) atoms. The Hall–Kier alpha value is -1.45. The maximum Gasteiger partial charge on any atom is 0.329 e. The molecule has 1 aromatic heterocycles. The van der Waals surface area contributed by atoms with E-state index < -0.39 is 27.4 Å². The number of likely N-dealkylation sites (N-methyl/N-ethyl adjacent to an activating group) is 1. The Bertz CT molecular complexity index is 618. The summed E-state index contributed by atoms with van der Waals surface area (Å²) in [5.41, 5.74) is -1.31. The van der Waals surface area contributed by atoms with Crippen LogP contribution in [0.1, 0.15) is 24.2 Å². The van der Waals surface area contributed by atoms with Gasteiger partial charge in [-0.2, -0.15) is 0 Å². The summed E-state index contributed by atoms with van der Waals surface area (Å²) in [7, 11) is -2.52. The van der Waals surface area contributed by atoms with Gasteiger partial charge in [0.25, 0.3) is 5.91 Å². The van der Waals surface area contributed by atoms with Crippen LogP contribution in [0.5, 0.6) is 0 Å². The number of hydrogen-bond donors (Lipinski definition) is 2. The zero-order chi connectivity index (χ0) is 15.0. The Kier molecular flexibility index (Phi) is 4.03. The molecule has 0 atom stereocenters. The number of thiophene rings is 1. The molecule has 7 nitrogen and oxygen atoms in total. The first-order valence-corrected chi connectivity index (χ1v) is 7.53. The molecule has 106 valence electrons. The van der Waals surface area contributed by atoms with Gasteiger partial charge in [-0.1, -0.05) is 0 Å². The minimum absolute atomic E-state index is 0.0887. The molecule has 1 amide bonds. The fraction of sp³-hybridized carbons (Fsp3) is 0.400. The van der Waals surface area contributed by atoms with Gasteiger partial charge in [0.05, 0.1) is 5.56 Å². The molecule has 0 aliphatic rings. The molecule has 0 aliphatic carbocycles. The lowest BCUT2D eigenvalue weighted by atomic mass is 10.0. The molecule has 3 N–H and O–H groups in total. The summed E-state index contributed by atoms with van der Waals surface area (Å²) in [6.45, 7) is 2.75. The molecule has 1 aromatic rings. The Morgan fingerprint density at radius 3 is 2.32 bits per heavy atom. The number of amides is 1. The molecular weight excluding hydrogens is 292 g/mol. The van der Waals surface area contributed by atoms with E-state index in [1.165, 1.54) is 26.3 Å². The van der Waals surface area contributed by atoms with E-state index in [4.69, 9.17) is 10.2 Å². The van der Waals surface area contributed by atoms with Gasteiger partial charge >= 0.3 is 5.97 Å². The highest BCUT2D eigenvalue weighted by Gasteiger charge is 2.36. The number of carbonyl (C=O) groups is 2. The maximum atomic E-state index is 12.1. The van der Waals surface area contributed by atoms with Crippen molar-refractivity contribution in [3.05, 3.63) is 17.0 Å². The fourth-order valence-corrected chi connectivity index (χ4v) is 2.75. The highest BCUT2D eigenvalue weighted by atomic mass is 32.2.